The number of benzene rings is 1. The van der Waals surface area contributed by atoms with Crippen LogP contribution in [0.4, 0.5) is 0 Å². The quantitative estimate of drug-likeness (QED) is 0.331. The van der Waals surface area contributed by atoms with Crippen LogP contribution in [0.2, 0.25) is 0 Å². The van der Waals surface area contributed by atoms with Gasteiger partial charge in [0.15, 0.2) is 0 Å². The van der Waals surface area contributed by atoms with Crippen LogP contribution in [0.3, 0.4) is 0 Å². The van der Waals surface area contributed by atoms with E-state index < -0.39 is 0 Å². The SMILES string of the molecule is O=C1CCC(c2ccc(OCCCCCI)cc2)C(=O)N1. The number of imide groups is 1. The Labute approximate surface area is 138 Å². The Kier molecular flexibility index (Phi) is 6.48. The number of amides is 2. The summed E-state index contributed by atoms with van der Waals surface area (Å²) in [4.78, 5) is 22.9. The summed E-state index contributed by atoms with van der Waals surface area (Å²) in [6.07, 6.45) is 4.49. The molecule has 2 rings (SSSR count). The predicted molar refractivity (Wildman–Crippen MR) is 89.8 cm³/mol. The van der Waals surface area contributed by atoms with Gasteiger partial charge in [-0.15, -0.1) is 0 Å². The van der Waals surface area contributed by atoms with Crippen LogP contribution in [0.25, 0.3) is 0 Å². The molecule has 2 amide bonds. The van der Waals surface area contributed by atoms with Crippen LogP contribution in [0, 0.1) is 0 Å². The number of ether oxygens (including phenoxy) is 1. The summed E-state index contributed by atoms with van der Waals surface area (Å²) in [6, 6.07) is 7.63. The molecule has 1 atom stereocenters. The Balaban J connectivity index is 1.84. The summed E-state index contributed by atoms with van der Waals surface area (Å²) in [5.74, 6) is 0.238. The fourth-order valence-corrected chi connectivity index (χ4v) is 2.91. The van der Waals surface area contributed by atoms with Crippen molar-refractivity contribution < 1.29 is 14.3 Å². The molecule has 1 N–H and O–H groups in total. The molecule has 0 spiro atoms. The first-order valence-electron chi connectivity index (χ1n) is 7.33. The second kappa shape index (κ2) is 8.36. The number of halogens is 1. The van der Waals surface area contributed by atoms with Crippen LogP contribution in [0.5, 0.6) is 5.75 Å². The van der Waals surface area contributed by atoms with Crippen LogP contribution in [0.15, 0.2) is 24.3 Å². The number of carbonyl (C=O) groups excluding carboxylic acids is 2. The average molecular weight is 401 g/mol. The molecule has 1 aliphatic heterocycles. The Morgan fingerprint density at radius 1 is 1.14 bits per heavy atom. The molecule has 4 nitrogen and oxygen atoms in total. The molecule has 0 radical (unpaired) electrons. The summed E-state index contributed by atoms with van der Waals surface area (Å²) < 4.78 is 6.87. The van der Waals surface area contributed by atoms with Gasteiger partial charge in [0.2, 0.25) is 11.8 Å². The molecule has 1 fully saturated rings. The maximum atomic E-state index is 11.8. The Bertz CT molecular complexity index is 487. The van der Waals surface area contributed by atoms with E-state index in [1.54, 1.807) is 0 Å². The minimum atomic E-state index is -0.222. The highest BCUT2D eigenvalue weighted by Gasteiger charge is 2.27. The molecule has 1 aliphatic rings. The zero-order valence-electron chi connectivity index (χ0n) is 11.9. The molecule has 21 heavy (non-hydrogen) atoms. The molecular formula is C16H20INO3. The minimum absolute atomic E-state index is 0.178. The predicted octanol–water partition coefficient (Wildman–Crippen LogP) is 3.19. The lowest BCUT2D eigenvalue weighted by Crippen LogP contribution is -2.39. The van der Waals surface area contributed by atoms with Gasteiger partial charge >= 0.3 is 0 Å². The lowest BCUT2D eigenvalue weighted by atomic mass is 9.90. The summed E-state index contributed by atoms with van der Waals surface area (Å²) in [5.41, 5.74) is 0.942. The minimum Gasteiger partial charge on any atom is -0.494 e. The van der Waals surface area contributed by atoms with Crippen molar-refractivity contribution in [3.05, 3.63) is 29.8 Å². The molecule has 114 valence electrons. The fourth-order valence-electron chi connectivity index (χ4n) is 2.37. The smallest absolute Gasteiger partial charge is 0.234 e. The van der Waals surface area contributed by atoms with Crippen molar-refractivity contribution in [3.8, 4) is 5.75 Å². The number of hydrogen-bond donors (Lipinski definition) is 1. The number of hydrogen-bond acceptors (Lipinski definition) is 3. The van der Waals surface area contributed by atoms with Gasteiger partial charge in [0.25, 0.3) is 0 Å². The first-order chi connectivity index (χ1) is 10.2. The largest absolute Gasteiger partial charge is 0.494 e. The van der Waals surface area contributed by atoms with Crippen LogP contribution >= 0.6 is 22.6 Å². The van der Waals surface area contributed by atoms with Gasteiger partial charge in [-0.1, -0.05) is 34.7 Å². The van der Waals surface area contributed by atoms with Gasteiger partial charge < -0.3 is 4.74 Å². The van der Waals surface area contributed by atoms with E-state index in [2.05, 4.69) is 27.9 Å². The number of rotatable bonds is 7. The topological polar surface area (TPSA) is 55.4 Å². The van der Waals surface area contributed by atoms with Crippen LogP contribution in [-0.2, 0) is 9.59 Å². The highest BCUT2D eigenvalue weighted by Crippen LogP contribution is 2.26. The first-order valence-corrected chi connectivity index (χ1v) is 8.85. The maximum Gasteiger partial charge on any atom is 0.234 e. The molecule has 0 bridgehead atoms. The van der Waals surface area contributed by atoms with Crippen molar-refractivity contribution in [2.45, 2.75) is 38.0 Å². The van der Waals surface area contributed by atoms with Crippen molar-refractivity contribution in [1.29, 1.82) is 0 Å². The monoisotopic (exact) mass is 401 g/mol. The van der Waals surface area contributed by atoms with Gasteiger partial charge in [0.05, 0.1) is 12.5 Å². The molecule has 0 saturated carbocycles. The van der Waals surface area contributed by atoms with Crippen LogP contribution in [-0.4, -0.2) is 22.8 Å². The van der Waals surface area contributed by atoms with E-state index in [0.717, 1.165) is 24.3 Å². The molecule has 1 heterocycles. The molecule has 1 unspecified atom stereocenters. The number of alkyl halides is 1. The fraction of sp³-hybridized carbons (Fsp3) is 0.500. The van der Waals surface area contributed by atoms with Crippen molar-refractivity contribution in [1.82, 2.24) is 5.32 Å². The number of carbonyl (C=O) groups is 2. The van der Waals surface area contributed by atoms with Gasteiger partial charge in [0.1, 0.15) is 5.75 Å². The first kappa shape index (κ1) is 16.3. The van der Waals surface area contributed by atoms with E-state index in [0.29, 0.717) is 12.8 Å². The molecular weight excluding hydrogens is 381 g/mol. The van der Waals surface area contributed by atoms with Crippen LogP contribution < -0.4 is 10.1 Å². The van der Waals surface area contributed by atoms with Crippen molar-refractivity contribution in [2.24, 2.45) is 0 Å². The lowest BCUT2D eigenvalue weighted by molar-refractivity contribution is -0.134. The van der Waals surface area contributed by atoms with Gasteiger partial charge in [-0.05, 0) is 47.8 Å². The summed E-state index contributed by atoms with van der Waals surface area (Å²) >= 11 is 2.38. The molecule has 1 aromatic rings. The zero-order valence-corrected chi connectivity index (χ0v) is 14.1. The lowest BCUT2D eigenvalue weighted by Gasteiger charge is -2.21. The highest BCUT2D eigenvalue weighted by molar-refractivity contribution is 14.1. The van der Waals surface area contributed by atoms with Gasteiger partial charge in [-0.2, -0.15) is 0 Å². The summed E-state index contributed by atoms with van der Waals surface area (Å²) in [6.45, 7) is 0.731. The third-order valence-electron chi connectivity index (χ3n) is 3.57. The van der Waals surface area contributed by atoms with Crippen LogP contribution in [0.1, 0.15) is 43.6 Å². The second-order valence-corrected chi connectivity index (χ2v) is 6.25. The molecule has 1 aromatic carbocycles. The highest BCUT2D eigenvalue weighted by atomic mass is 127. The Morgan fingerprint density at radius 2 is 1.90 bits per heavy atom. The average Bonchev–Trinajstić information content (AvgIpc) is 2.48. The van der Waals surface area contributed by atoms with Gasteiger partial charge in [-0.25, -0.2) is 0 Å². The van der Waals surface area contributed by atoms with E-state index in [4.69, 9.17) is 4.74 Å². The Morgan fingerprint density at radius 3 is 2.57 bits per heavy atom. The Hall–Kier alpha value is -1.11. The standard InChI is InChI=1S/C16H20INO3/c17-10-2-1-3-11-21-13-6-4-12(5-7-13)14-8-9-15(19)18-16(14)20/h4-7,14H,1-3,8-11H2,(H,18,19,20). The van der Waals surface area contributed by atoms with E-state index in [1.807, 2.05) is 24.3 Å². The van der Waals surface area contributed by atoms with E-state index in [1.165, 1.54) is 17.3 Å². The molecule has 0 aliphatic carbocycles. The number of unbranched alkanes of at least 4 members (excludes halogenated alkanes) is 2. The number of piperidine rings is 1. The maximum absolute atomic E-state index is 11.8. The second-order valence-electron chi connectivity index (χ2n) is 5.17. The van der Waals surface area contributed by atoms with Crippen molar-refractivity contribution in [3.63, 3.8) is 0 Å². The summed E-state index contributed by atoms with van der Waals surface area (Å²) in [7, 11) is 0. The van der Waals surface area contributed by atoms with E-state index in [9.17, 15) is 9.59 Å². The molecule has 5 heteroatoms. The third-order valence-corrected chi connectivity index (χ3v) is 4.33. The normalized spacial score (nSPS) is 18.4. The van der Waals surface area contributed by atoms with Gasteiger partial charge in [0, 0.05) is 6.42 Å². The van der Waals surface area contributed by atoms with Gasteiger partial charge in [-0.3, -0.25) is 14.9 Å². The summed E-state index contributed by atoms with van der Waals surface area (Å²) in [5, 5.41) is 2.39. The third kappa shape index (κ3) is 4.98. The number of nitrogens with one attached hydrogen (secondary N) is 1. The molecule has 1 saturated heterocycles. The van der Waals surface area contributed by atoms with Crippen molar-refractivity contribution in [2.75, 3.05) is 11.0 Å². The van der Waals surface area contributed by atoms with Crippen molar-refractivity contribution >= 4 is 34.4 Å². The van der Waals surface area contributed by atoms with E-state index >= 15 is 0 Å². The van der Waals surface area contributed by atoms with E-state index in [-0.39, 0.29) is 17.7 Å². The zero-order chi connectivity index (χ0) is 15.1. The molecule has 0 aromatic heterocycles.